The van der Waals surface area contributed by atoms with E-state index >= 15 is 0 Å². The Kier molecular flexibility index (Phi) is 4.02. The lowest BCUT2D eigenvalue weighted by Crippen LogP contribution is -1.94. The molecule has 2 nitrogen and oxygen atoms in total. The van der Waals surface area contributed by atoms with Gasteiger partial charge in [0, 0.05) is 10.7 Å². The zero-order valence-electron chi connectivity index (χ0n) is 9.40. The molecule has 0 heterocycles. The van der Waals surface area contributed by atoms with Gasteiger partial charge in [-0.25, -0.2) is 0 Å². The molecule has 0 saturated heterocycles. The number of benzene rings is 2. The molecule has 0 aromatic heterocycles. The van der Waals surface area contributed by atoms with Gasteiger partial charge >= 0.3 is 0 Å². The Hall–Kier alpha value is -1.51. The van der Waals surface area contributed by atoms with E-state index in [1.165, 1.54) is 0 Å². The predicted octanol–water partition coefficient (Wildman–Crippen LogP) is 3.64. The van der Waals surface area contributed by atoms with E-state index in [0.717, 1.165) is 21.8 Å². The molecular weight excluding hydrogens is 234 g/mol. The van der Waals surface area contributed by atoms with Crippen LogP contribution in [0, 0.1) is 0 Å². The van der Waals surface area contributed by atoms with Gasteiger partial charge in [-0.15, -0.1) is 0 Å². The van der Waals surface area contributed by atoms with Crippen LogP contribution in [0.2, 0.25) is 5.02 Å². The zero-order valence-corrected chi connectivity index (χ0v) is 10.2. The number of halogens is 1. The third kappa shape index (κ3) is 3.77. The molecule has 0 aliphatic heterocycles. The highest BCUT2D eigenvalue weighted by molar-refractivity contribution is 6.30. The van der Waals surface area contributed by atoms with E-state index in [2.05, 4.69) is 0 Å². The lowest BCUT2D eigenvalue weighted by atomic mass is 10.2. The average molecular weight is 248 g/mol. The molecule has 0 aliphatic rings. The van der Waals surface area contributed by atoms with Crippen LogP contribution in [0.4, 0.5) is 5.69 Å². The van der Waals surface area contributed by atoms with Crippen molar-refractivity contribution in [2.75, 3.05) is 5.73 Å². The molecule has 88 valence electrons. The molecule has 0 radical (unpaired) electrons. The maximum Gasteiger partial charge on any atom is 0.0721 e. The van der Waals surface area contributed by atoms with Crippen molar-refractivity contribution in [2.24, 2.45) is 0 Å². The molecule has 0 unspecified atom stereocenters. The number of nitrogens with two attached hydrogens (primary N) is 1. The van der Waals surface area contributed by atoms with Crippen molar-refractivity contribution in [3.8, 4) is 0 Å². The largest absolute Gasteiger partial charge is 0.399 e. The zero-order chi connectivity index (χ0) is 12.1. The van der Waals surface area contributed by atoms with E-state index in [1.54, 1.807) is 0 Å². The fourth-order valence-electron chi connectivity index (χ4n) is 1.48. The minimum absolute atomic E-state index is 0.585. The molecule has 0 aliphatic carbocycles. The third-order valence-corrected chi connectivity index (χ3v) is 2.68. The molecule has 0 saturated carbocycles. The number of rotatable bonds is 4. The average Bonchev–Trinajstić information content (AvgIpc) is 2.34. The minimum Gasteiger partial charge on any atom is -0.399 e. The van der Waals surface area contributed by atoms with Crippen LogP contribution in [0.3, 0.4) is 0 Å². The summed E-state index contributed by atoms with van der Waals surface area (Å²) >= 11 is 5.80. The van der Waals surface area contributed by atoms with Crippen LogP contribution in [-0.4, -0.2) is 0 Å². The first-order chi connectivity index (χ1) is 8.24. The summed E-state index contributed by atoms with van der Waals surface area (Å²) in [7, 11) is 0. The van der Waals surface area contributed by atoms with E-state index in [4.69, 9.17) is 22.1 Å². The first-order valence-electron chi connectivity index (χ1n) is 5.40. The van der Waals surface area contributed by atoms with E-state index in [9.17, 15) is 0 Å². The van der Waals surface area contributed by atoms with Crippen LogP contribution in [0.5, 0.6) is 0 Å². The highest BCUT2D eigenvalue weighted by atomic mass is 35.5. The summed E-state index contributed by atoms with van der Waals surface area (Å²) in [5.74, 6) is 0. The lowest BCUT2D eigenvalue weighted by molar-refractivity contribution is 0.107. The minimum atomic E-state index is 0.585. The summed E-state index contributed by atoms with van der Waals surface area (Å²) in [6, 6.07) is 15.3. The fourth-order valence-corrected chi connectivity index (χ4v) is 1.61. The Balaban J connectivity index is 1.83. The SMILES string of the molecule is Nc1ccc(COCc2ccc(Cl)cc2)cc1. The van der Waals surface area contributed by atoms with Gasteiger partial charge in [0.05, 0.1) is 13.2 Å². The molecule has 0 amide bonds. The van der Waals surface area contributed by atoms with Gasteiger partial charge in [0.25, 0.3) is 0 Å². The standard InChI is InChI=1S/C14H14ClNO/c15-13-5-1-11(2-6-13)9-17-10-12-3-7-14(16)8-4-12/h1-8H,9-10,16H2. The van der Waals surface area contributed by atoms with Gasteiger partial charge in [0.2, 0.25) is 0 Å². The Bertz CT molecular complexity index is 419. The van der Waals surface area contributed by atoms with Gasteiger partial charge in [-0.2, -0.15) is 0 Å². The van der Waals surface area contributed by atoms with Crippen molar-refractivity contribution in [2.45, 2.75) is 13.2 Å². The van der Waals surface area contributed by atoms with Gasteiger partial charge in [0.1, 0.15) is 0 Å². The molecule has 3 heteroatoms. The number of hydrogen-bond donors (Lipinski definition) is 1. The normalized spacial score (nSPS) is 10.4. The summed E-state index contributed by atoms with van der Waals surface area (Å²) in [6.45, 7) is 1.17. The highest BCUT2D eigenvalue weighted by Gasteiger charge is 1.95. The van der Waals surface area contributed by atoms with Crippen molar-refractivity contribution < 1.29 is 4.74 Å². The maximum atomic E-state index is 5.80. The van der Waals surface area contributed by atoms with E-state index in [-0.39, 0.29) is 0 Å². The molecule has 0 spiro atoms. The van der Waals surface area contributed by atoms with Gasteiger partial charge in [0.15, 0.2) is 0 Å². The quantitative estimate of drug-likeness (QED) is 0.838. The van der Waals surface area contributed by atoms with Gasteiger partial charge < -0.3 is 10.5 Å². The Morgan fingerprint density at radius 1 is 0.824 bits per heavy atom. The summed E-state index contributed by atoms with van der Waals surface area (Å²) < 4.78 is 5.60. The molecule has 0 bridgehead atoms. The second-order valence-corrected chi connectivity index (χ2v) is 4.30. The van der Waals surface area contributed by atoms with Gasteiger partial charge in [-0.1, -0.05) is 35.9 Å². The third-order valence-electron chi connectivity index (χ3n) is 2.43. The number of anilines is 1. The smallest absolute Gasteiger partial charge is 0.0721 e. The van der Waals surface area contributed by atoms with Crippen molar-refractivity contribution in [1.29, 1.82) is 0 Å². The van der Waals surface area contributed by atoms with Crippen LogP contribution in [-0.2, 0) is 18.0 Å². The van der Waals surface area contributed by atoms with Crippen LogP contribution in [0.1, 0.15) is 11.1 Å². The summed E-state index contributed by atoms with van der Waals surface area (Å²) in [5.41, 5.74) is 8.61. The topological polar surface area (TPSA) is 35.2 Å². The van der Waals surface area contributed by atoms with E-state index in [0.29, 0.717) is 13.2 Å². The molecule has 2 aromatic carbocycles. The Morgan fingerprint density at radius 2 is 1.29 bits per heavy atom. The van der Waals surface area contributed by atoms with Crippen molar-refractivity contribution >= 4 is 17.3 Å². The van der Waals surface area contributed by atoms with Crippen molar-refractivity contribution in [1.82, 2.24) is 0 Å². The fraction of sp³-hybridized carbons (Fsp3) is 0.143. The van der Waals surface area contributed by atoms with Crippen LogP contribution in [0.25, 0.3) is 0 Å². The Labute approximate surface area is 106 Å². The molecule has 0 fully saturated rings. The second-order valence-electron chi connectivity index (χ2n) is 3.86. The van der Waals surface area contributed by atoms with Crippen LogP contribution < -0.4 is 5.73 Å². The predicted molar refractivity (Wildman–Crippen MR) is 70.8 cm³/mol. The van der Waals surface area contributed by atoms with Crippen LogP contribution >= 0.6 is 11.6 Å². The highest BCUT2D eigenvalue weighted by Crippen LogP contribution is 2.12. The van der Waals surface area contributed by atoms with Crippen molar-refractivity contribution in [3.63, 3.8) is 0 Å². The maximum absolute atomic E-state index is 5.80. The first kappa shape index (κ1) is 12.0. The molecule has 2 aromatic rings. The monoisotopic (exact) mass is 247 g/mol. The van der Waals surface area contributed by atoms with Gasteiger partial charge in [-0.3, -0.25) is 0 Å². The number of nitrogen functional groups attached to an aromatic ring is 1. The van der Waals surface area contributed by atoms with Crippen molar-refractivity contribution in [3.05, 3.63) is 64.7 Å². The molecule has 17 heavy (non-hydrogen) atoms. The second kappa shape index (κ2) is 5.71. The molecule has 2 rings (SSSR count). The molecular formula is C14H14ClNO. The van der Waals surface area contributed by atoms with Crippen LogP contribution in [0.15, 0.2) is 48.5 Å². The number of hydrogen-bond acceptors (Lipinski definition) is 2. The first-order valence-corrected chi connectivity index (χ1v) is 5.78. The molecule has 0 atom stereocenters. The Morgan fingerprint density at radius 3 is 1.82 bits per heavy atom. The number of ether oxygens (including phenoxy) is 1. The molecule has 2 N–H and O–H groups in total. The van der Waals surface area contributed by atoms with Gasteiger partial charge in [-0.05, 0) is 35.4 Å². The summed E-state index contributed by atoms with van der Waals surface area (Å²) in [4.78, 5) is 0. The van der Waals surface area contributed by atoms with E-state index < -0.39 is 0 Å². The van der Waals surface area contributed by atoms with E-state index in [1.807, 2.05) is 48.5 Å². The summed E-state index contributed by atoms with van der Waals surface area (Å²) in [6.07, 6.45) is 0. The lowest BCUT2D eigenvalue weighted by Gasteiger charge is -2.05. The summed E-state index contributed by atoms with van der Waals surface area (Å²) in [5, 5.41) is 0.743.